The highest BCUT2D eigenvalue weighted by Crippen LogP contribution is 2.62. The van der Waals surface area contributed by atoms with E-state index < -0.39 is 23.8 Å². The van der Waals surface area contributed by atoms with Crippen molar-refractivity contribution < 1.29 is 48.6 Å². The van der Waals surface area contributed by atoms with Gasteiger partial charge >= 0.3 is 6.09 Å². The third-order valence-corrected chi connectivity index (χ3v) is 10.7. The molecule has 0 bridgehead atoms. The van der Waals surface area contributed by atoms with Crippen molar-refractivity contribution in [3.05, 3.63) is 71.8 Å². The van der Waals surface area contributed by atoms with Gasteiger partial charge in [0.05, 0.1) is 24.1 Å². The Morgan fingerprint density at radius 2 is 1.85 bits per heavy atom. The van der Waals surface area contributed by atoms with E-state index in [1.165, 1.54) is 7.11 Å². The maximum Gasteiger partial charge on any atom is 0.410 e. The molecule has 2 aliphatic carbocycles. The highest BCUT2D eigenvalue weighted by atomic mass is 35.5. The van der Waals surface area contributed by atoms with Crippen LogP contribution in [0.25, 0.3) is 0 Å². The topological polar surface area (TPSA) is 149 Å². The van der Waals surface area contributed by atoms with E-state index in [2.05, 4.69) is 17.8 Å². The van der Waals surface area contributed by atoms with Crippen LogP contribution in [-0.2, 0) is 20.9 Å². The number of carbonyl (C=O) groups is 1. The highest BCUT2D eigenvalue weighted by Gasteiger charge is 2.65. The van der Waals surface area contributed by atoms with Crippen LogP contribution in [-0.4, -0.2) is 90.1 Å². The number of allylic oxidation sites excluding steroid dienone is 1. The molecule has 2 aromatic carbocycles. The van der Waals surface area contributed by atoms with Crippen molar-refractivity contribution >= 4 is 23.4 Å². The molecule has 0 aromatic heterocycles. The van der Waals surface area contributed by atoms with Gasteiger partial charge in [-0.05, 0) is 79.0 Å². The summed E-state index contributed by atoms with van der Waals surface area (Å²) in [6.07, 6.45) is 8.01. The summed E-state index contributed by atoms with van der Waals surface area (Å²) in [6, 6.07) is 9.85. The Labute approximate surface area is 309 Å². The number of oxime groups is 1. The number of ether oxygens (including phenoxy) is 5. The van der Waals surface area contributed by atoms with Crippen LogP contribution in [0.4, 0.5) is 4.79 Å². The molecule has 12 nitrogen and oxygen atoms in total. The van der Waals surface area contributed by atoms with E-state index in [1.807, 2.05) is 18.2 Å². The summed E-state index contributed by atoms with van der Waals surface area (Å²) >= 11 is 6.01. The zero-order chi connectivity index (χ0) is 36.7. The third kappa shape index (κ3) is 7.57. The third-order valence-electron chi connectivity index (χ3n) is 10.6. The summed E-state index contributed by atoms with van der Waals surface area (Å²) in [7, 11) is 1.50. The van der Waals surface area contributed by atoms with Crippen molar-refractivity contribution in [1.82, 2.24) is 4.90 Å². The van der Waals surface area contributed by atoms with Gasteiger partial charge in [-0.3, -0.25) is 4.90 Å². The summed E-state index contributed by atoms with van der Waals surface area (Å²) in [5.74, 6) is -0.175. The Morgan fingerprint density at radius 3 is 2.60 bits per heavy atom. The summed E-state index contributed by atoms with van der Waals surface area (Å²) in [6.45, 7) is 4.46. The van der Waals surface area contributed by atoms with Crippen LogP contribution in [0.5, 0.6) is 23.0 Å². The molecule has 13 heteroatoms. The molecule has 0 radical (unpaired) electrons. The van der Waals surface area contributed by atoms with Gasteiger partial charge in [-0.25, -0.2) is 4.79 Å². The minimum absolute atomic E-state index is 0.00704. The Balaban J connectivity index is 1.56. The number of carbonyl (C=O) groups excluding carboxylic acids is 1. The summed E-state index contributed by atoms with van der Waals surface area (Å²) in [5.41, 5.74) is 3.14. The summed E-state index contributed by atoms with van der Waals surface area (Å²) in [4.78, 5) is 21.4. The normalized spacial score (nSPS) is 26.1. The number of fused-ring (bicyclic) bond motifs is 3. The molecule has 2 aromatic rings. The van der Waals surface area contributed by atoms with Gasteiger partial charge in [0.15, 0.2) is 11.5 Å². The van der Waals surface area contributed by atoms with Gasteiger partial charge < -0.3 is 43.8 Å². The first-order chi connectivity index (χ1) is 25.4. The number of alkyl halides is 1. The second kappa shape index (κ2) is 17.2. The van der Waals surface area contributed by atoms with Crippen molar-refractivity contribution in [3.63, 3.8) is 0 Å². The number of hydrogen-bond acceptors (Lipinski definition) is 11. The zero-order valence-corrected chi connectivity index (χ0v) is 30.3. The number of benzene rings is 2. The van der Waals surface area contributed by atoms with Crippen molar-refractivity contribution in [2.24, 2.45) is 22.9 Å². The van der Waals surface area contributed by atoms with Gasteiger partial charge in [0.25, 0.3) is 0 Å². The van der Waals surface area contributed by atoms with Crippen molar-refractivity contribution in [3.8, 4) is 23.0 Å². The quantitative estimate of drug-likeness (QED) is 0.0735. The predicted octanol–water partition coefficient (Wildman–Crippen LogP) is 6.26. The number of aliphatic hydroxyl groups excluding tert-OH is 2. The minimum Gasteiger partial charge on any atom is -0.508 e. The Morgan fingerprint density at radius 1 is 1.08 bits per heavy atom. The fourth-order valence-electron chi connectivity index (χ4n) is 8.51. The lowest BCUT2D eigenvalue weighted by Crippen LogP contribution is -2.70. The molecule has 4 aliphatic rings. The van der Waals surface area contributed by atoms with E-state index in [-0.39, 0.29) is 75.6 Å². The van der Waals surface area contributed by atoms with E-state index in [1.54, 1.807) is 29.2 Å². The van der Waals surface area contributed by atoms with E-state index in [9.17, 15) is 20.1 Å². The molecular formula is C39H49ClN2O10. The molecule has 1 amide bonds. The molecule has 6 atom stereocenters. The average molecular weight is 741 g/mol. The molecule has 6 unspecified atom stereocenters. The first-order valence-corrected chi connectivity index (χ1v) is 18.6. The smallest absolute Gasteiger partial charge is 0.410 e. The molecule has 2 aliphatic heterocycles. The van der Waals surface area contributed by atoms with Crippen LogP contribution in [0.15, 0.2) is 65.9 Å². The summed E-state index contributed by atoms with van der Waals surface area (Å²) in [5, 5.41) is 34.9. The zero-order valence-electron chi connectivity index (χ0n) is 29.6. The Kier molecular flexibility index (Phi) is 12.5. The van der Waals surface area contributed by atoms with Crippen molar-refractivity contribution in [1.29, 1.82) is 0 Å². The number of phenols is 1. The number of amides is 1. The number of unbranched alkanes of at least 4 members (excludes halogenated alkanes) is 2. The fourth-order valence-corrected chi connectivity index (χ4v) is 8.59. The van der Waals surface area contributed by atoms with Crippen molar-refractivity contribution in [2.45, 2.75) is 69.2 Å². The second-order valence-corrected chi connectivity index (χ2v) is 14.0. The highest BCUT2D eigenvalue weighted by molar-refractivity contribution is 6.18. The van der Waals surface area contributed by atoms with Crippen LogP contribution in [0.1, 0.15) is 62.0 Å². The average Bonchev–Trinajstić information content (AvgIpc) is 3.62. The monoisotopic (exact) mass is 740 g/mol. The van der Waals surface area contributed by atoms with Crippen LogP contribution in [0, 0.1) is 17.8 Å². The van der Waals surface area contributed by atoms with E-state index >= 15 is 0 Å². The fraction of sp³-hybridized carbons (Fsp3) is 0.538. The molecule has 6 rings (SSSR count). The molecule has 282 valence electrons. The maximum absolute atomic E-state index is 14.3. The molecule has 3 N–H and O–H groups in total. The maximum atomic E-state index is 14.3. The van der Waals surface area contributed by atoms with Gasteiger partial charge in [-0.2, -0.15) is 0 Å². The molecule has 0 spiro atoms. The Bertz CT molecular complexity index is 1630. The number of halogens is 1. The van der Waals surface area contributed by atoms with E-state index in [0.717, 1.165) is 42.4 Å². The second-order valence-electron chi connectivity index (χ2n) is 13.6. The van der Waals surface area contributed by atoms with E-state index in [4.69, 9.17) is 40.1 Å². The first kappa shape index (κ1) is 37.8. The molecule has 52 heavy (non-hydrogen) atoms. The molecule has 0 saturated heterocycles. The van der Waals surface area contributed by atoms with Gasteiger partial charge in [-0.1, -0.05) is 36.2 Å². The van der Waals surface area contributed by atoms with Crippen LogP contribution in [0.2, 0.25) is 0 Å². The minimum atomic E-state index is -1.47. The number of aliphatic hydroxyl groups is 2. The number of aromatic hydroxyl groups is 1. The van der Waals surface area contributed by atoms with Crippen LogP contribution < -0.4 is 14.2 Å². The molecule has 2 heterocycles. The van der Waals surface area contributed by atoms with Gasteiger partial charge in [0.2, 0.25) is 12.6 Å². The lowest BCUT2D eigenvalue weighted by atomic mass is 9.55. The van der Waals surface area contributed by atoms with Gasteiger partial charge in [0.1, 0.15) is 31.3 Å². The molecule has 1 fully saturated rings. The number of nitrogens with zero attached hydrogens (tertiary/aromatic N) is 2. The predicted molar refractivity (Wildman–Crippen MR) is 194 cm³/mol. The van der Waals surface area contributed by atoms with Crippen LogP contribution >= 0.6 is 11.6 Å². The van der Waals surface area contributed by atoms with Crippen LogP contribution in [0.3, 0.4) is 0 Å². The SMILES string of the molecule is C=CCOC12Oc3ccc(O)cc3C3C(CCCCO)C(CCCCO)C=C(C(=NOC)CC1N(Cc1ccc4c(c1)OCO4)C(=O)OCCCl)C32. The first-order valence-electron chi connectivity index (χ1n) is 18.1. The Hall–Kier alpha value is -3.97. The number of hydrogen-bond donors (Lipinski definition) is 3. The van der Waals surface area contributed by atoms with Gasteiger partial charge in [-0.15, -0.1) is 18.2 Å². The largest absolute Gasteiger partial charge is 0.508 e. The van der Waals surface area contributed by atoms with Crippen molar-refractivity contribution in [2.75, 3.05) is 46.2 Å². The van der Waals surface area contributed by atoms with E-state index in [0.29, 0.717) is 35.8 Å². The lowest BCUT2D eigenvalue weighted by Gasteiger charge is -2.59. The number of rotatable bonds is 17. The number of phenolic OH excluding ortho intramolecular Hbond substituents is 1. The lowest BCUT2D eigenvalue weighted by molar-refractivity contribution is -0.256. The summed E-state index contributed by atoms with van der Waals surface area (Å²) < 4.78 is 31.0. The molecule has 1 saturated carbocycles. The standard InChI is InChI=1S/C39H49ClN2O10/c1-3-17-51-39-35(42(38(46)48-18-14-40)23-25-10-12-33-34(19-25)50-24-49-33)22-31(41-47-2)29-20-26(8-4-6-15-43)28(9-5-7-16-44)36(37(29)39)30-21-27(45)11-13-32(30)52-39/h3,10-13,19-21,26,28,35-37,43-45H,1,4-9,14-18,22-24H2,2H3. The van der Waals surface area contributed by atoms with Gasteiger partial charge in [0, 0.05) is 37.7 Å². The molecular weight excluding hydrogens is 692 g/mol.